The summed E-state index contributed by atoms with van der Waals surface area (Å²) in [5.41, 5.74) is 6.23. The van der Waals surface area contributed by atoms with Crippen LogP contribution in [0.5, 0.6) is 5.75 Å². The Kier molecular flexibility index (Phi) is 3.26. The Morgan fingerprint density at radius 1 is 1.60 bits per heavy atom. The molecule has 0 fully saturated rings. The first-order valence-electron chi connectivity index (χ1n) is 4.38. The van der Waals surface area contributed by atoms with E-state index in [4.69, 9.17) is 10.8 Å². The zero-order valence-electron chi connectivity index (χ0n) is 8.20. The van der Waals surface area contributed by atoms with Crippen LogP contribution in [0.15, 0.2) is 12.1 Å². The second-order valence-corrected chi connectivity index (χ2v) is 3.39. The number of carbonyl (C=O) groups is 1. The van der Waals surface area contributed by atoms with E-state index in [1.807, 2.05) is 0 Å². The maximum atomic E-state index is 13.1. The molecule has 0 bridgehead atoms. The number of carboxylic acids is 1. The Morgan fingerprint density at radius 3 is 2.73 bits per heavy atom. The summed E-state index contributed by atoms with van der Waals surface area (Å²) in [5.74, 6) is -2.45. The molecule has 0 spiro atoms. The summed E-state index contributed by atoms with van der Waals surface area (Å²) in [7, 11) is 0. The molecule has 4 N–H and O–H groups in total. The van der Waals surface area contributed by atoms with Gasteiger partial charge in [0.15, 0.2) is 11.6 Å². The van der Waals surface area contributed by atoms with E-state index in [2.05, 4.69) is 0 Å². The number of phenols is 1. The zero-order valence-corrected chi connectivity index (χ0v) is 8.20. The fraction of sp³-hybridized carbons (Fsp3) is 0.300. The highest BCUT2D eigenvalue weighted by Crippen LogP contribution is 2.28. The van der Waals surface area contributed by atoms with Crippen molar-refractivity contribution in [2.45, 2.75) is 19.4 Å². The topological polar surface area (TPSA) is 83.5 Å². The van der Waals surface area contributed by atoms with Crippen molar-refractivity contribution in [1.29, 1.82) is 0 Å². The lowest BCUT2D eigenvalue weighted by Crippen LogP contribution is -2.15. The van der Waals surface area contributed by atoms with Crippen molar-refractivity contribution in [1.82, 2.24) is 0 Å². The third-order valence-electron chi connectivity index (χ3n) is 2.03. The minimum absolute atomic E-state index is 0.120. The molecule has 5 heteroatoms. The molecule has 15 heavy (non-hydrogen) atoms. The molecule has 1 atom stereocenters. The smallest absolute Gasteiger partial charge is 0.305 e. The summed E-state index contributed by atoms with van der Waals surface area (Å²) in [4.78, 5) is 10.4. The monoisotopic (exact) mass is 213 g/mol. The number of hydrogen-bond acceptors (Lipinski definition) is 3. The number of phenolic OH excluding ortho intramolecular Hbond substituents is 1. The largest absolute Gasteiger partial charge is 0.505 e. The molecule has 0 amide bonds. The second kappa shape index (κ2) is 4.27. The van der Waals surface area contributed by atoms with Crippen molar-refractivity contribution in [3.05, 3.63) is 29.1 Å². The van der Waals surface area contributed by atoms with Gasteiger partial charge in [-0.05, 0) is 18.6 Å². The Morgan fingerprint density at radius 2 is 2.20 bits per heavy atom. The maximum absolute atomic E-state index is 13.1. The zero-order chi connectivity index (χ0) is 11.6. The SMILES string of the molecule is Cc1cc(F)c(O)c(C(N)CC(=O)O)c1. The fourth-order valence-corrected chi connectivity index (χ4v) is 1.34. The molecule has 1 rings (SSSR count). The summed E-state index contributed by atoms with van der Waals surface area (Å²) < 4.78 is 13.1. The van der Waals surface area contributed by atoms with Crippen molar-refractivity contribution < 1.29 is 19.4 Å². The number of carboxylic acid groups (broad SMARTS) is 1. The molecule has 1 aromatic rings. The quantitative estimate of drug-likeness (QED) is 0.706. The van der Waals surface area contributed by atoms with Gasteiger partial charge in [0.2, 0.25) is 0 Å². The van der Waals surface area contributed by atoms with E-state index in [9.17, 15) is 14.3 Å². The van der Waals surface area contributed by atoms with Crippen LogP contribution in [0.2, 0.25) is 0 Å². The average Bonchev–Trinajstić information content (AvgIpc) is 2.09. The summed E-state index contributed by atoms with van der Waals surface area (Å²) in [6, 6.07) is 1.73. The number of rotatable bonds is 3. The van der Waals surface area contributed by atoms with Gasteiger partial charge < -0.3 is 15.9 Å². The lowest BCUT2D eigenvalue weighted by molar-refractivity contribution is -0.137. The number of aliphatic carboxylic acids is 1. The van der Waals surface area contributed by atoms with Crippen LogP contribution in [0.3, 0.4) is 0 Å². The van der Waals surface area contributed by atoms with Gasteiger partial charge in [0.05, 0.1) is 6.42 Å². The van der Waals surface area contributed by atoms with Gasteiger partial charge in [-0.15, -0.1) is 0 Å². The molecule has 0 radical (unpaired) electrons. The lowest BCUT2D eigenvalue weighted by atomic mass is 10.0. The van der Waals surface area contributed by atoms with E-state index >= 15 is 0 Å². The first kappa shape index (κ1) is 11.5. The van der Waals surface area contributed by atoms with Gasteiger partial charge in [0.25, 0.3) is 0 Å². The molecular formula is C10H12FNO3. The van der Waals surface area contributed by atoms with E-state index in [0.717, 1.165) is 6.07 Å². The third-order valence-corrected chi connectivity index (χ3v) is 2.03. The number of benzene rings is 1. The first-order chi connectivity index (χ1) is 6.91. The van der Waals surface area contributed by atoms with E-state index in [1.165, 1.54) is 6.07 Å². The van der Waals surface area contributed by atoms with Gasteiger partial charge in [-0.25, -0.2) is 4.39 Å². The summed E-state index contributed by atoms with van der Waals surface area (Å²) in [6.45, 7) is 1.64. The van der Waals surface area contributed by atoms with Gasteiger partial charge in [0.1, 0.15) is 0 Å². The lowest BCUT2D eigenvalue weighted by Gasteiger charge is -2.12. The molecule has 0 aliphatic carbocycles. The molecule has 1 unspecified atom stereocenters. The Balaban J connectivity index is 3.07. The third kappa shape index (κ3) is 2.66. The highest BCUT2D eigenvalue weighted by Gasteiger charge is 2.17. The van der Waals surface area contributed by atoms with Crippen molar-refractivity contribution in [2.24, 2.45) is 5.73 Å². The molecule has 0 aliphatic rings. The molecule has 82 valence electrons. The molecule has 0 aliphatic heterocycles. The normalized spacial score (nSPS) is 12.5. The molecule has 0 heterocycles. The minimum atomic E-state index is -1.09. The molecule has 4 nitrogen and oxygen atoms in total. The predicted octanol–water partition coefficient (Wildman–Crippen LogP) is 1.31. The van der Waals surface area contributed by atoms with Gasteiger partial charge in [-0.1, -0.05) is 6.07 Å². The number of halogens is 1. The van der Waals surface area contributed by atoms with Crippen molar-refractivity contribution in [3.63, 3.8) is 0 Å². The van der Waals surface area contributed by atoms with Gasteiger partial charge in [-0.3, -0.25) is 4.79 Å². The summed E-state index contributed by atoms with van der Waals surface area (Å²) in [5, 5.41) is 17.9. The number of aromatic hydroxyl groups is 1. The highest BCUT2D eigenvalue weighted by molar-refractivity contribution is 5.68. The van der Waals surface area contributed by atoms with E-state index in [0.29, 0.717) is 5.56 Å². The number of aryl methyl sites for hydroxylation is 1. The van der Waals surface area contributed by atoms with Crippen LogP contribution in [0.4, 0.5) is 4.39 Å². The number of hydrogen-bond donors (Lipinski definition) is 3. The van der Waals surface area contributed by atoms with Crippen molar-refractivity contribution in [2.75, 3.05) is 0 Å². The molecule has 0 aromatic heterocycles. The average molecular weight is 213 g/mol. The minimum Gasteiger partial charge on any atom is -0.505 e. The van der Waals surface area contributed by atoms with E-state index in [1.54, 1.807) is 6.92 Å². The summed E-state index contributed by atoms with van der Waals surface area (Å²) >= 11 is 0. The van der Waals surface area contributed by atoms with Gasteiger partial charge >= 0.3 is 5.97 Å². The first-order valence-corrected chi connectivity index (χ1v) is 4.38. The van der Waals surface area contributed by atoms with E-state index < -0.39 is 23.6 Å². The van der Waals surface area contributed by atoms with Crippen LogP contribution in [0.25, 0.3) is 0 Å². The van der Waals surface area contributed by atoms with Crippen LogP contribution in [0, 0.1) is 12.7 Å². The highest BCUT2D eigenvalue weighted by atomic mass is 19.1. The van der Waals surface area contributed by atoms with E-state index in [-0.39, 0.29) is 12.0 Å². The van der Waals surface area contributed by atoms with Crippen LogP contribution < -0.4 is 5.73 Å². The Hall–Kier alpha value is -1.62. The molecule has 0 saturated carbocycles. The predicted molar refractivity (Wildman–Crippen MR) is 52.0 cm³/mol. The maximum Gasteiger partial charge on any atom is 0.305 e. The van der Waals surface area contributed by atoms with Crippen LogP contribution in [-0.4, -0.2) is 16.2 Å². The fourth-order valence-electron chi connectivity index (χ4n) is 1.34. The number of nitrogens with two attached hydrogens (primary N) is 1. The summed E-state index contributed by atoms with van der Waals surface area (Å²) in [6.07, 6.45) is -0.351. The second-order valence-electron chi connectivity index (χ2n) is 3.39. The van der Waals surface area contributed by atoms with Gasteiger partial charge in [-0.2, -0.15) is 0 Å². The van der Waals surface area contributed by atoms with Gasteiger partial charge in [0, 0.05) is 11.6 Å². The van der Waals surface area contributed by atoms with Crippen LogP contribution in [-0.2, 0) is 4.79 Å². The van der Waals surface area contributed by atoms with Crippen LogP contribution >= 0.6 is 0 Å². The molecular weight excluding hydrogens is 201 g/mol. The molecule has 1 aromatic carbocycles. The molecule has 0 saturated heterocycles. The van der Waals surface area contributed by atoms with Crippen molar-refractivity contribution >= 4 is 5.97 Å². The standard InChI is InChI=1S/C10H12FNO3/c1-5-2-6(8(12)4-9(13)14)10(15)7(11)3-5/h2-3,8,15H,4,12H2,1H3,(H,13,14). The van der Waals surface area contributed by atoms with Crippen LogP contribution in [0.1, 0.15) is 23.6 Å². The Bertz CT molecular complexity index is 392. The Labute approximate surface area is 86.1 Å². The van der Waals surface area contributed by atoms with Crippen molar-refractivity contribution in [3.8, 4) is 5.75 Å².